The Balaban J connectivity index is 2.93. The van der Waals surface area contributed by atoms with E-state index in [9.17, 15) is 0 Å². The van der Waals surface area contributed by atoms with Crippen LogP contribution in [0.5, 0.6) is 0 Å². The normalized spacial score (nSPS) is 10.4. The molecule has 0 aliphatic heterocycles. The lowest BCUT2D eigenvalue weighted by molar-refractivity contribution is 0.204. The van der Waals surface area contributed by atoms with Gasteiger partial charge in [0.25, 0.3) is 0 Å². The Hall–Kier alpha value is -1.80. The van der Waals surface area contributed by atoms with Crippen molar-refractivity contribution in [1.82, 2.24) is 4.98 Å². The van der Waals surface area contributed by atoms with Crippen LogP contribution in [0, 0.1) is 17.2 Å². The maximum atomic E-state index is 8.95. The van der Waals surface area contributed by atoms with Gasteiger partial charge in [-0.05, 0) is 18.1 Å². The minimum atomic E-state index is 0.277. The maximum absolute atomic E-state index is 8.95. The molecule has 0 radical (unpaired) electrons. The molecule has 1 aromatic heterocycles. The number of rotatable bonds is 6. The highest BCUT2D eigenvalue weighted by atomic mass is 16.5. The molecule has 0 saturated heterocycles. The van der Waals surface area contributed by atoms with E-state index in [0.717, 1.165) is 18.9 Å². The Morgan fingerprint density at radius 2 is 2.22 bits per heavy atom. The molecule has 0 atom stereocenters. The van der Waals surface area contributed by atoms with Crippen LogP contribution < -0.4 is 10.6 Å². The van der Waals surface area contributed by atoms with Gasteiger partial charge in [-0.3, -0.25) is 0 Å². The number of ether oxygens (including phenoxy) is 1. The molecule has 18 heavy (non-hydrogen) atoms. The van der Waals surface area contributed by atoms with Crippen LogP contribution in [0.4, 0.5) is 11.5 Å². The molecule has 1 heterocycles. The molecule has 98 valence electrons. The van der Waals surface area contributed by atoms with Crippen LogP contribution in [0.3, 0.4) is 0 Å². The second kappa shape index (κ2) is 6.82. The first kappa shape index (κ1) is 14.3. The lowest BCUT2D eigenvalue weighted by Gasteiger charge is -2.25. The van der Waals surface area contributed by atoms with Crippen molar-refractivity contribution in [2.45, 2.75) is 13.8 Å². The molecule has 0 amide bonds. The van der Waals surface area contributed by atoms with E-state index in [4.69, 9.17) is 15.7 Å². The molecular weight excluding hydrogens is 228 g/mol. The van der Waals surface area contributed by atoms with Crippen LogP contribution in [0.25, 0.3) is 0 Å². The zero-order valence-electron chi connectivity index (χ0n) is 11.2. The molecule has 0 unspecified atom stereocenters. The van der Waals surface area contributed by atoms with Gasteiger partial charge in [0.1, 0.15) is 11.9 Å². The van der Waals surface area contributed by atoms with Gasteiger partial charge in [-0.1, -0.05) is 13.8 Å². The van der Waals surface area contributed by atoms with Crippen molar-refractivity contribution in [3.05, 3.63) is 17.8 Å². The van der Waals surface area contributed by atoms with E-state index in [1.807, 2.05) is 12.1 Å². The minimum Gasteiger partial charge on any atom is -0.396 e. The fourth-order valence-electron chi connectivity index (χ4n) is 1.67. The number of hydrogen-bond donors (Lipinski definition) is 1. The first-order valence-electron chi connectivity index (χ1n) is 5.99. The van der Waals surface area contributed by atoms with Crippen molar-refractivity contribution in [3.63, 3.8) is 0 Å². The molecule has 2 N–H and O–H groups in total. The van der Waals surface area contributed by atoms with E-state index >= 15 is 0 Å². The van der Waals surface area contributed by atoms with E-state index in [0.29, 0.717) is 18.2 Å². The Kier molecular flexibility index (Phi) is 5.40. The SMILES string of the molecule is COCCN(CC(C)C)c1ccc(N)c(C#N)n1. The third-order valence-electron chi connectivity index (χ3n) is 2.49. The highest BCUT2D eigenvalue weighted by molar-refractivity contribution is 5.55. The van der Waals surface area contributed by atoms with Gasteiger partial charge in [0.15, 0.2) is 5.69 Å². The fourth-order valence-corrected chi connectivity index (χ4v) is 1.67. The second-order valence-electron chi connectivity index (χ2n) is 4.55. The molecule has 1 aromatic rings. The molecule has 5 nitrogen and oxygen atoms in total. The van der Waals surface area contributed by atoms with Crippen molar-refractivity contribution in [2.24, 2.45) is 5.92 Å². The summed E-state index contributed by atoms with van der Waals surface area (Å²) in [7, 11) is 1.67. The van der Waals surface area contributed by atoms with Gasteiger partial charge < -0.3 is 15.4 Å². The zero-order chi connectivity index (χ0) is 13.5. The zero-order valence-corrected chi connectivity index (χ0v) is 11.2. The summed E-state index contributed by atoms with van der Waals surface area (Å²) in [5.41, 5.74) is 6.36. The lowest BCUT2D eigenvalue weighted by Crippen LogP contribution is -2.31. The van der Waals surface area contributed by atoms with Gasteiger partial charge in [0.05, 0.1) is 12.3 Å². The number of aromatic nitrogens is 1. The molecule has 0 bridgehead atoms. The van der Waals surface area contributed by atoms with Gasteiger partial charge in [-0.15, -0.1) is 0 Å². The third kappa shape index (κ3) is 3.90. The number of nitrogen functional groups attached to an aromatic ring is 1. The number of nitriles is 1. The quantitative estimate of drug-likeness (QED) is 0.828. The standard InChI is InChI=1S/C13H20N4O/c1-10(2)9-17(6-7-18-3)13-5-4-11(15)12(8-14)16-13/h4-5,10H,6-7,9,15H2,1-3H3. The Morgan fingerprint density at radius 1 is 1.50 bits per heavy atom. The smallest absolute Gasteiger partial charge is 0.165 e. The monoisotopic (exact) mass is 248 g/mol. The molecule has 0 saturated carbocycles. The van der Waals surface area contributed by atoms with E-state index < -0.39 is 0 Å². The van der Waals surface area contributed by atoms with Crippen LogP contribution in [0.15, 0.2) is 12.1 Å². The number of methoxy groups -OCH3 is 1. The lowest BCUT2D eigenvalue weighted by atomic mass is 10.2. The highest BCUT2D eigenvalue weighted by Crippen LogP contribution is 2.17. The van der Waals surface area contributed by atoms with E-state index in [-0.39, 0.29) is 5.69 Å². The molecule has 0 aromatic carbocycles. The van der Waals surface area contributed by atoms with Gasteiger partial charge in [-0.2, -0.15) is 5.26 Å². The Labute approximate surface area is 108 Å². The van der Waals surface area contributed by atoms with Crippen LogP contribution in [0.1, 0.15) is 19.5 Å². The van der Waals surface area contributed by atoms with E-state index in [1.165, 1.54) is 0 Å². The number of pyridine rings is 1. The van der Waals surface area contributed by atoms with Gasteiger partial charge in [0.2, 0.25) is 0 Å². The summed E-state index contributed by atoms with van der Waals surface area (Å²) in [6.45, 7) is 6.52. The molecule has 0 fully saturated rings. The van der Waals surface area contributed by atoms with Crippen molar-refractivity contribution < 1.29 is 4.74 Å². The first-order chi connectivity index (χ1) is 8.58. The molecule has 1 rings (SSSR count). The second-order valence-corrected chi connectivity index (χ2v) is 4.55. The van der Waals surface area contributed by atoms with Crippen LogP contribution in [-0.2, 0) is 4.74 Å². The summed E-state index contributed by atoms with van der Waals surface area (Å²) in [6, 6.07) is 5.57. The summed E-state index contributed by atoms with van der Waals surface area (Å²) in [4.78, 5) is 6.39. The number of nitrogens with zero attached hydrogens (tertiary/aromatic N) is 3. The maximum Gasteiger partial charge on any atom is 0.165 e. The van der Waals surface area contributed by atoms with E-state index in [1.54, 1.807) is 13.2 Å². The van der Waals surface area contributed by atoms with Crippen LogP contribution >= 0.6 is 0 Å². The predicted octanol–water partition coefficient (Wildman–Crippen LogP) is 1.64. The molecule has 0 aliphatic rings. The molecule has 0 aliphatic carbocycles. The van der Waals surface area contributed by atoms with Crippen molar-refractivity contribution in [2.75, 3.05) is 37.4 Å². The average molecular weight is 248 g/mol. The fraction of sp³-hybridized carbons (Fsp3) is 0.538. The summed E-state index contributed by atoms with van der Waals surface area (Å²) >= 11 is 0. The average Bonchev–Trinajstić information content (AvgIpc) is 2.34. The number of anilines is 2. The van der Waals surface area contributed by atoms with Gasteiger partial charge in [0, 0.05) is 20.2 Å². The van der Waals surface area contributed by atoms with Gasteiger partial charge in [-0.25, -0.2) is 4.98 Å². The highest BCUT2D eigenvalue weighted by Gasteiger charge is 2.11. The van der Waals surface area contributed by atoms with Crippen LogP contribution in [0.2, 0.25) is 0 Å². The topological polar surface area (TPSA) is 75.2 Å². The predicted molar refractivity (Wildman–Crippen MR) is 72.3 cm³/mol. The largest absolute Gasteiger partial charge is 0.396 e. The van der Waals surface area contributed by atoms with Crippen molar-refractivity contribution in [1.29, 1.82) is 5.26 Å². The molecular formula is C13H20N4O. The van der Waals surface area contributed by atoms with E-state index in [2.05, 4.69) is 23.7 Å². The Bertz CT molecular complexity index is 425. The number of hydrogen-bond acceptors (Lipinski definition) is 5. The molecule has 0 spiro atoms. The van der Waals surface area contributed by atoms with Crippen LogP contribution in [-0.4, -0.2) is 31.8 Å². The van der Waals surface area contributed by atoms with Crippen molar-refractivity contribution in [3.8, 4) is 6.07 Å². The summed E-state index contributed by atoms with van der Waals surface area (Å²) < 4.78 is 5.10. The first-order valence-corrected chi connectivity index (χ1v) is 5.99. The molecule has 5 heteroatoms. The minimum absolute atomic E-state index is 0.277. The third-order valence-corrected chi connectivity index (χ3v) is 2.49. The summed E-state index contributed by atoms with van der Waals surface area (Å²) in [5, 5.41) is 8.95. The van der Waals surface area contributed by atoms with Gasteiger partial charge >= 0.3 is 0 Å². The Morgan fingerprint density at radius 3 is 2.78 bits per heavy atom. The summed E-state index contributed by atoms with van der Waals surface area (Å²) in [5.74, 6) is 1.28. The summed E-state index contributed by atoms with van der Waals surface area (Å²) in [6.07, 6.45) is 0. The number of nitrogens with two attached hydrogens (primary N) is 1. The van der Waals surface area contributed by atoms with Crippen molar-refractivity contribution >= 4 is 11.5 Å².